The van der Waals surface area contributed by atoms with E-state index >= 15 is 0 Å². The molecule has 19 heavy (non-hydrogen) atoms. The van der Waals surface area contributed by atoms with Crippen molar-refractivity contribution in [1.29, 1.82) is 0 Å². The number of nitrogens with one attached hydrogen (secondary N) is 1. The predicted octanol–water partition coefficient (Wildman–Crippen LogP) is 2.43. The highest BCUT2D eigenvalue weighted by Crippen LogP contribution is 2.17. The highest BCUT2D eigenvalue weighted by Gasteiger charge is 2.25. The van der Waals surface area contributed by atoms with E-state index in [-0.39, 0.29) is 0 Å². The third-order valence-electron chi connectivity index (χ3n) is 4.49. The Morgan fingerprint density at radius 2 is 2.05 bits per heavy atom. The van der Waals surface area contributed by atoms with Crippen LogP contribution >= 0.6 is 0 Å². The zero-order valence-electron chi connectivity index (χ0n) is 13.8. The van der Waals surface area contributed by atoms with Crippen LogP contribution in [0.1, 0.15) is 47.0 Å². The Balaban J connectivity index is 2.18. The van der Waals surface area contributed by atoms with E-state index in [1.165, 1.54) is 38.9 Å². The van der Waals surface area contributed by atoms with Crippen molar-refractivity contribution in [2.45, 2.75) is 59.0 Å². The van der Waals surface area contributed by atoms with Crippen LogP contribution in [0.15, 0.2) is 0 Å². The number of likely N-dealkylation sites (N-methyl/N-ethyl adjacent to an activating group) is 2. The minimum absolute atomic E-state index is 0.631. The molecule has 3 nitrogen and oxygen atoms in total. The summed E-state index contributed by atoms with van der Waals surface area (Å²) in [4.78, 5) is 5.16. The van der Waals surface area contributed by atoms with E-state index in [1.807, 2.05) is 0 Å². The standard InChI is InChI=1S/C16H35N3/c1-6-19-11-7-8-16(19)13-18(5)15(4)12-17-10-9-14(2)3/h14-17H,6-13H2,1-5H3. The van der Waals surface area contributed by atoms with Crippen LogP contribution in [0.25, 0.3) is 0 Å². The average Bonchev–Trinajstić information content (AvgIpc) is 2.81. The van der Waals surface area contributed by atoms with Crippen molar-refractivity contribution in [1.82, 2.24) is 15.1 Å². The van der Waals surface area contributed by atoms with Gasteiger partial charge in [0.05, 0.1) is 0 Å². The van der Waals surface area contributed by atoms with Gasteiger partial charge in [0.1, 0.15) is 0 Å². The molecule has 1 heterocycles. The number of likely N-dealkylation sites (tertiary alicyclic amines) is 1. The van der Waals surface area contributed by atoms with Crippen LogP contribution in [0.4, 0.5) is 0 Å². The zero-order chi connectivity index (χ0) is 14.3. The van der Waals surface area contributed by atoms with Gasteiger partial charge in [-0.2, -0.15) is 0 Å². The maximum atomic E-state index is 3.59. The summed E-state index contributed by atoms with van der Waals surface area (Å²) in [6.07, 6.45) is 4.04. The lowest BCUT2D eigenvalue weighted by Gasteiger charge is -2.31. The smallest absolute Gasteiger partial charge is 0.0223 e. The Bertz CT molecular complexity index is 230. The Hall–Kier alpha value is -0.120. The molecular weight excluding hydrogens is 234 g/mol. The molecule has 0 radical (unpaired) electrons. The van der Waals surface area contributed by atoms with Crippen molar-refractivity contribution < 1.29 is 0 Å². The molecule has 0 aromatic heterocycles. The summed E-state index contributed by atoms with van der Waals surface area (Å²) in [7, 11) is 2.28. The van der Waals surface area contributed by atoms with Crippen LogP contribution in [0.3, 0.4) is 0 Å². The summed E-state index contributed by atoms with van der Waals surface area (Å²) in [6.45, 7) is 15.2. The fourth-order valence-electron chi connectivity index (χ4n) is 2.89. The molecule has 0 aliphatic carbocycles. The molecule has 0 aromatic carbocycles. The number of hydrogen-bond acceptors (Lipinski definition) is 3. The Kier molecular flexibility index (Phi) is 7.96. The Morgan fingerprint density at radius 1 is 1.32 bits per heavy atom. The van der Waals surface area contributed by atoms with Gasteiger partial charge < -0.3 is 10.2 Å². The SMILES string of the molecule is CCN1CCCC1CN(C)C(C)CNCCC(C)C. The van der Waals surface area contributed by atoms with Gasteiger partial charge in [0.15, 0.2) is 0 Å². The molecule has 0 saturated carbocycles. The van der Waals surface area contributed by atoms with Gasteiger partial charge in [-0.05, 0) is 58.8 Å². The lowest BCUT2D eigenvalue weighted by atomic mass is 10.1. The first-order chi connectivity index (χ1) is 9.04. The molecular formula is C16H35N3. The molecule has 1 saturated heterocycles. The van der Waals surface area contributed by atoms with Crippen LogP contribution in [0, 0.1) is 5.92 Å². The topological polar surface area (TPSA) is 18.5 Å². The Morgan fingerprint density at radius 3 is 2.68 bits per heavy atom. The van der Waals surface area contributed by atoms with E-state index < -0.39 is 0 Å². The minimum atomic E-state index is 0.631. The van der Waals surface area contributed by atoms with Gasteiger partial charge in [-0.25, -0.2) is 0 Å². The second-order valence-electron chi connectivity index (χ2n) is 6.60. The summed E-state index contributed by atoms with van der Waals surface area (Å²) < 4.78 is 0. The summed E-state index contributed by atoms with van der Waals surface area (Å²) in [6, 6.07) is 1.42. The first-order valence-electron chi connectivity index (χ1n) is 8.19. The largest absolute Gasteiger partial charge is 0.315 e. The summed E-state index contributed by atoms with van der Waals surface area (Å²) in [5, 5.41) is 3.59. The zero-order valence-corrected chi connectivity index (χ0v) is 13.8. The molecule has 1 fully saturated rings. The lowest BCUT2D eigenvalue weighted by Crippen LogP contribution is -2.45. The van der Waals surface area contributed by atoms with Gasteiger partial charge in [-0.15, -0.1) is 0 Å². The molecule has 3 heteroatoms. The molecule has 1 aliphatic rings. The predicted molar refractivity (Wildman–Crippen MR) is 84.7 cm³/mol. The quantitative estimate of drug-likeness (QED) is 0.649. The minimum Gasteiger partial charge on any atom is -0.315 e. The number of rotatable bonds is 9. The highest BCUT2D eigenvalue weighted by molar-refractivity contribution is 4.82. The van der Waals surface area contributed by atoms with Crippen LogP contribution in [0.2, 0.25) is 0 Å². The van der Waals surface area contributed by atoms with Crippen molar-refractivity contribution in [3.63, 3.8) is 0 Å². The molecule has 1 rings (SSSR count). The van der Waals surface area contributed by atoms with Gasteiger partial charge >= 0.3 is 0 Å². The first kappa shape index (κ1) is 16.9. The van der Waals surface area contributed by atoms with Crippen LogP contribution < -0.4 is 5.32 Å². The van der Waals surface area contributed by atoms with Gasteiger partial charge in [0.2, 0.25) is 0 Å². The van der Waals surface area contributed by atoms with Crippen molar-refractivity contribution in [2.24, 2.45) is 5.92 Å². The third kappa shape index (κ3) is 6.24. The van der Waals surface area contributed by atoms with E-state index in [2.05, 4.69) is 49.9 Å². The Labute approximate surface area is 120 Å². The van der Waals surface area contributed by atoms with E-state index in [0.29, 0.717) is 6.04 Å². The summed E-state index contributed by atoms with van der Waals surface area (Å²) in [5.41, 5.74) is 0. The molecule has 114 valence electrons. The molecule has 1 aliphatic heterocycles. The van der Waals surface area contributed by atoms with E-state index in [9.17, 15) is 0 Å². The maximum Gasteiger partial charge on any atom is 0.0223 e. The maximum absolute atomic E-state index is 3.59. The highest BCUT2D eigenvalue weighted by atomic mass is 15.2. The van der Waals surface area contributed by atoms with Crippen LogP contribution in [-0.4, -0.2) is 61.7 Å². The van der Waals surface area contributed by atoms with Gasteiger partial charge in [0, 0.05) is 25.2 Å². The van der Waals surface area contributed by atoms with Gasteiger partial charge in [-0.3, -0.25) is 4.90 Å². The first-order valence-corrected chi connectivity index (χ1v) is 8.19. The molecule has 0 bridgehead atoms. The average molecular weight is 269 g/mol. The van der Waals surface area contributed by atoms with E-state index in [0.717, 1.165) is 25.0 Å². The van der Waals surface area contributed by atoms with E-state index in [4.69, 9.17) is 0 Å². The fraction of sp³-hybridized carbons (Fsp3) is 1.00. The number of hydrogen-bond donors (Lipinski definition) is 1. The van der Waals surface area contributed by atoms with E-state index in [1.54, 1.807) is 0 Å². The lowest BCUT2D eigenvalue weighted by molar-refractivity contribution is 0.168. The van der Waals surface area contributed by atoms with Crippen LogP contribution in [0.5, 0.6) is 0 Å². The summed E-state index contributed by atoms with van der Waals surface area (Å²) >= 11 is 0. The molecule has 0 spiro atoms. The monoisotopic (exact) mass is 269 g/mol. The second kappa shape index (κ2) is 8.93. The molecule has 2 atom stereocenters. The fourth-order valence-corrected chi connectivity index (χ4v) is 2.89. The third-order valence-corrected chi connectivity index (χ3v) is 4.49. The van der Waals surface area contributed by atoms with Crippen molar-refractivity contribution in [3.8, 4) is 0 Å². The second-order valence-corrected chi connectivity index (χ2v) is 6.60. The molecule has 0 aromatic rings. The summed E-state index contributed by atoms with van der Waals surface area (Å²) in [5.74, 6) is 0.803. The molecule has 0 amide bonds. The van der Waals surface area contributed by atoms with Crippen molar-refractivity contribution in [2.75, 3.05) is 39.8 Å². The van der Waals surface area contributed by atoms with Crippen molar-refractivity contribution in [3.05, 3.63) is 0 Å². The molecule has 2 unspecified atom stereocenters. The normalized spacial score (nSPS) is 22.6. The number of nitrogens with zero attached hydrogens (tertiary/aromatic N) is 2. The van der Waals surface area contributed by atoms with Crippen molar-refractivity contribution >= 4 is 0 Å². The molecule has 1 N–H and O–H groups in total. The van der Waals surface area contributed by atoms with Crippen LogP contribution in [-0.2, 0) is 0 Å². The van der Waals surface area contributed by atoms with Gasteiger partial charge in [-0.1, -0.05) is 20.8 Å². The van der Waals surface area contributed by atoms with Gasteiger partial charge in [0.25, 0.3) is 0 Å².